The van der Waals surface area contributed by atoms with E-state index in [9.17, 15) is 14.4 Å². The number of carbonyl (C=O) groups is 3. The van der Waals surface area contributed by atoms with E-state index in [2.05, 4.69) is 16.7 Å². The first-order valence-corrected chi connectivity index (χ1v) is 13.7. The Labute approximate surface area is 232 Å². The first kappa shape index (κ1) is 26.3. The molecule has 1 saturated heterocycles. The Morgan fingerprint density at radius 2 is 1.46 bits per heavy atom. The van der Waals surface area contributed by atoms with Crippen molar-refractivity contribution in [3.8, 4) is 11.1 Å². The lowest BCUT2D eigenvalue weighted by Gasteiger charge is -2.24. The van der Waals surface area contributed by atoms with Crippen LogP contribution in [0.4, 0.5) is 9.59 Å². The van der Waals surface area contributed by atoms with Gasteiger partial charge in [-0.1, -0.05) is 115 Å². The lowest BCUT2D eigenvalue weighted by molar-refractivity contribution is -0.118. The van der Waals surface area contributed by atoms with Crippen LogP contribution in [0.3, 0.4) is 0 Å². The van der Waals surface area contributed by atoms with E-state index in [0.717, 1.165) is 45.1 Å². The first-order chi connectivity index (χ1) is 19.0. The Hall–Kier alpha value is -4.36. The molecule has 1 aliphatic rings. The molecule has 39 heavy (non-hydrogen) atoms. The summed E-state index contributed by atoms with van der Waals surface area (Å²) >= 11 is 1.04. The maximum Gasteiger partial charge on any atom is 0.318 e. The lowest BCUT2D eigenvalue weighted by Crippen LogP contribution is -2.39. The van der Waals surface area contributed by atoms with Crippen molar-refractivity contribution in [3.05, 3.63) is 131 Å². The van der Waals surface area contributed by atoms with Gasteiger partial charge in [0.1, 0.15) is 0 Å². The molecule has 1 unspecified atom stereocenters. The summed E-state index contributed by atoms with van der Waals surface area (Å²) in [6.45, 7) is 0.454. The number of thioether (sulfide) groups is 1. The predicted molar refractivity (Wildman–Crippen MR) is 155 cm³/mol. The van der Waals surface area contributed by atoms with Gasteiger partial charge in [0.15, 0.2) is 0 Å². The smallest absolute Gasteiger partial charge is 0.318 e. The third kappa shape index (κ3) is 6.56. The summed E-state index contributed by atoms with van der Waals surface area (Å²) in [4.78, 5) is 38.2. The van der Waals surface area contributed by atoms with Gasteiger partial charge in [0, 0.05) is 13.6 Å². The number of carbonyl (C=O) groups excluding carboxylic acids is 3. The van der Waals surface area contributed by atoms with Gasteiger partial charge in [0.25, 0.3) is 5.24 Å². The molecule has 196 valence electrons. The second-order valence-electron chi connectivity index (χ2n) is 9.54. The summed E-state index contributed by atoms with van der Waals surface area (Å²) in [6, 6.07) is 35.7. The van der Waals surface area contributed by atoms with Gasteiger partial charge in [0.05, 0.1) is 11.3 Å². The molecule has 6 nitrogen and oxygen atoms in total. The van der Waals surface area contributed by atoms with Gasteiger partial charge in [-0.15, -0.1) is 0 Å². The van der Waals surface area contributed by atoms with Gasteiger partial charge < -0.3 is 10.2 Å². The van der Waals surface area contributed by atoms with Crippen molar-refractivity contribution < 1.29 is 14.4 Å². The average molecular weight is 536 g/mol. The molecule has 1 heterocycles. The molecule has 1 fully saturated rings. The predicted octanol–water partition coefficient (Wildman–Crippen LogP) is 6.18. The van der Waals surface area contributed by atoms with Crippen LogP contribution < -0.4 is 10.6 Å². The second kappa shape index (κ2) is 12.0. The number of hydrogen-bond acceptors (Lipinski definition) is 4. The van der Waals surface area contributed by atoms with Crippen LogP contribution in [-0.2, 0) is 17.8 Å². The normalized spacial score (nSPS) is 14.8. The summed E-state index contributed by atoms with van der Waals surface area (Å²) in [5.41, 5.74) is 6.15. The third-order valence-corrected chi connectivity index (χ3v) is 7.68. The highest BCUT2D eigenvalue weighted by Gasteiger charge is 2.31. The van der Waals surface area contributed by atoms with E-state index < -0.39 is 0 Å². The van der Waals surface area contributed by atoms with Crippen molar-refractivity contribution in [2.45, 2.75) is 24.3 Å². The standard InChI is InChI=1S/C32H29N3O3S/c1-35(31(37)33-29(25-10-4-2-5-11-25)26-12-6-3-7-13-26)21-23-9-8-14-27(19-23)24-17-15-22(16-18-24)20-28-30(36)34-32(38)39-28/h2-19,28-29H,20-21H2,1H3,(H,33,37)(H,34,36,38). The minimum absolute atomic E-state index is 0.158. The van der Waals surface area contributed by atoms with Crippen LogP contribution in [0.2, 0.25) is 0 Å². The number of hydrogen-bond donors (Lipinski definition) is 2. The van der Waals surface area contributed by atoms with Crippen molar-refractivity contribution in [1.82, 2.24) is 15.5 Å². The number of nitrogens with zero attached hydrogens (tertiary/aromatic N) is 1. The zero-order valence-electron chi connectivity index (χ0n) is 21.5. The van der Waals surface area contributed by atoms with E-state index in [1.807, 2.05) is 103 Å². The molecule has 0 spiro atoms. The molecule has 4 amide bonds. The Kier molecular flexibility index (Phi) is 8.08. The van der Waals surface area contributed by atoms with Gasteiger partial charge in [-0.25, -0.2) is 4.79 Å². The molecule has 2 N–H and O–H groups in total. The Balaban J connectivity index is 1.25. The maximum absolute atomic E-state index is 13.2. The molecule has 1 atom stereocenters. The number of rotatable bonds is 8. The van der Waals surface area contributed by atoms with Gasteiger partial charge >= 0.3 is 6.03 Å². The highest BCUT2D eigenvalue weighted by molar-refractivity contribution is 8.15. The molecule has 0 aliphatic carbocycles. The molecule has 7 heteroatoms. The minimum Gasteiger partial charge on any atom is -0.327 e. The molecule has 1 aliphatic heterocycles. The molecule has 5 rings (SSSR count). The summed E-state index contributed by atoms with van der Waals surface area (Å²) in [6.07, 6.45) is 0.509. The van der Waals surface area contributed by atoms with Gasteiger partial charge in [-0.2, -0.15) is 0 Å². The van der Waals surface area contributed by atoms with Gasteiger partial charge in [-0.3, -0.25) is 14.9 Å². The number of amides is 4. The Morgan fingerprint density at radius 1 is 0.821 bits per heavy atom. The molecule has 4 aromatic rings. The van der Waals surface area contributed by atoms with Crippen molar-refractivity contribution in [1.29, 1.82) is 0 Å². The number of nitrogens with one attached hydrogen (secondary N) is 2. The summed E-state index contributed by atoms with van der Waals surface area (Å²) in [5, 5.41) is 4.86. The number of imide groups is 1. The minimum atomic E-state index is -0.378. The van der Waals surface area contributed by atoms with Crippen LogP contribution in [-0.4, -0.2) is 34.4 Å². The molecule has 0 saturated carbocycles. The van der Waals surface area contributed by atoms with Gasteiger partial charge in [0.2, 0.25) is 5.91 Å². The fourth-order valence-electron chi connectivity index (χ4n) is 4.65. The molecule has 0 aromatic heterocycles. The fourth-order valence-corrected chi connectivity index (χ4v) is 5.51. The lowest BCUT2D eigenvalue weighted by atomic mass is 9.99. The van der Waals surface area contributed by atoms with Crippen LogP contribution in [0.5, 0.6) is 0 Å². The first-order valence-electron chi connectivity index (χ1n) is 12.8. The molecular weight excluding hydrogens is 506 g/mol. The zero-order chi connectivity index (χ0) is 27.2. The SMILES string of the molecule is CN(Cc1cccc(-c2ccc(CC3SC(=O)NC3=O)cc2)c1)C(=O)NC(c1ccccc1)c1ccccc1. The molecule has 4 aromatic carbocycles. The quantitative estimate of drug-likeness (QED) is 0.283. The molecular formula is C32H29N3O3S. The summed E-state index contributed by atoms with van der Waals surface area (Å²) < 4.78 is 0. The highest BCUT2D eigenvalue weighted by Crippen LogP contribution is 2.26. The summed E-state index contributed by atoms with van der Waals surface area (Å²) in [7, 11) is 1.80. The van der Waals surface area contributed by atoms with Crippen molar-refractivity contribution in [2.24, 2.45) is 0 Å². The fraction of sp³-hybridized carbons (Fsp3) is 0.156. The van der Waals surface area contributed by atoms with Crippen LogP contribution in [0.15, 0.2) is 109 Å². The van der Waals surface area contributed by atoms with Crippen LogP contribution in [0.25, 0.3) is 11.1 Å². The summed E-state index contributed by atoms with van der Waals surface area (Å²) in [5.74, 6) is -0.228. The van der Waals surface area contributed by atoms with Crippen molar-refractivity contribution >= 4 is 28.9 Å². The van der Waals surface area contributed by atoms with E-state index in [0.29, 0.717) is 13.0 Å². The van der Waals surface area contributed by atoms with E-state index in [-0.39, 0.29) is 28.5 Å². The van der Waals surface area contributed by atoms with Crippen molar-refractivity contribution in [2.75, 3.05) is 7.05 Å². The van der Waals surface area contributed by atoms with E-state index in [1.165, 1.54) is 0 Å². The Bertz CT molecular complexity index is 1420. The largest absolute Gasteiger partial charge is 0.327 e. The molecule has 0 radical (unpaired) electrons. The van der Waals surface area contributed by atoms with Crippen LogP contribution in [0.1, 0.15) is 28.3 Å². The number of benzene rings is 4. The van der Waals surface area contributed by atoms with Crippen LogP contribution in [0, 0.1) is 0 Å². The highest BCUT2D eigenvalue weighted by atomic mass is 32.2. The second-order valence-corrected chi connectivity index (χ2v) is 10.7. The van der Waals surface area contributed by atoms with Gasteiger partial charge in [-0.05, 0) is 45.9 Å². The monoisotopic (exact) mass is 535 g/mol. The zero-order valence-corrected chi connectivity index (χ0v) is 22.4. The maximum atomic E-state index is 13.2. The molecule has 0 bridgehead atoms. The third-order valence-electron chi connectivity index (χ3n) is 6.70. The average Bonchev–Trinajstić information content (AvgIpc) is 3.28. The van der Waals surface area contributed by atoms with E-state index in [1.54, 1.807) is 11.9 Å². The topological polar surface area (TPSA) is 78.5 Å². The number of urea groups is 1. The van der Waals surface area contributed by atoms with Crippen molar-refractivity contribution in [3.63, 3.8) is 0 Å². The Morgan fingerprint density at radius 3 is 2.05 bits per heavy atom. The van der Waals surface area contributed by atoms with Crippen LogP contribution >= 0.6 is 11.8 Å². The van der Waals surface area contributed by atoms with E-state index in [4.69, 9.17) is 0 Å². The van der Waals surface area contributed by atoms with E-state index >= 15 is 0 Å².